The molecule has 1 aromatic carbocycles. The van der Waals surface area contributed by atoms with Crippen molar-refractivity contribution in [2.45, 2.75) is 37.8 Å². The molecule has 1 aliphatic rings. The molecule has 25 heavy (non-hydrogen) atoms. The second-order valence-electron chi connectivity index (χ2n) is 6.66. The molecule has 2 atom stereocenters. The third kappa shape index (κ3) is 3.66. The van der Waals surface area contributed by atoms with Crippen molar-refractivity contribution in [1.29, 1.82) is 0 Å². The number of hydrogen-bond donors (Lipinski definition) is 1. The van der Waals surface area contributed by atoms with E-state index >= 15 is 0 Å². The summed E-state index contributed by atoms with van der Waals surface area (Å²) < 4.78 is 5.18. The minimum absolute atomic E-state index is 0.0317. The summed E-state index contributed by atoms with van der Waals surface area (Å²) in [6.07, 6.45) is 5.41. The summed E-state index contributed by atoms with van der Waals surface area (Å²) in [7, 11) is 1.61. The lowest BCUT2D eigenvalue weighted by Gasteiger charge is -2.37. The van der Waals surface area contributed by atoms with Crippen molar-refractivity contribution in [3.8, 4) is 5.75 Å². The van der Waals surface area contributed by atoms with Crippen LogP contribution in [0.3, 0.4) is 0 Å². The first-order chi connectivity index (χ1) is 12.0. The lowest BCUT2D eigenvalue weighted by atomic mass is 9.86. The standard InChI is InChI=1S/C20H24N2O3/c1-20(24,16-7-9-17(25-2)10-8-16)18-6-4-12-22(18)19(23)13-15-5-3-11-21-14-15/h3,5,7-11,14,18,24H,4,6,12-13H2,1-2H3/t18-,20-/m0/s1. The Kier molecular flexibility index (Phi) is 5.04. The number of amides is 1. The van der Waals surface area contributed by atoms with Crippen LogP contribution in [0.5, 0.6) is 5.75 Å². The average Bonchev–Trinajstić information content (AvgIpc) is 3.13. The molecular weight excluding hydrogens is 316 g/mol. The summed E-state index contributed by atoms with van der Waals surface area (Å²) in [6.45, 7) is 2.46. The second-order valence-corrected chi connectivity index (χ2v) is 6.66. The van der Waals surface area contributed by atoms with Crippen LogP contribution in [0.15, 0.2) is 48.8 Å². The van der Waals surface area contributed by atoms with Gasteiger partial charge in [0.1, 0.15) is 11.4 Å². The number of aromatic nitrogens is 1. The number of rotatable bonds is 5. The maximum Gasteiger partial charge on any atom is 0.227 e. The molecule has 1 saturated heterocycles. The van der Waals surface area contributed by atoms with Gasteiger partial charge in [0.2, 0.25) is 5.91 Å². The van der Waals surface area contributed by atoms with Crippen LogP contribution in [-0.4, -0.2) is 40.6 Å². The minimum atomic E-state index is -1.10. The third-order valence-electron chi connectivity index (χ3n) is 4.97. The Morgan fingerprint density at radius 3 is 2.76 bits per heavy atom. The Hall–Kier alpha value is -2.40. The van der Waals surface area contributed by atoms with Crippen LogP contribution in [0.4, 0.5) is 0 Å². The fourth-order valence-corrected chi connectivity index (χ4v) is 3.55. The van der Waals surface area contributed by atoms with Crippen molar-refractivity contribution in [3.63, 3.8) is 0 Å². The molecule has 0 spiro atoms. The van der Waals surface area contributed by atoms with Gasteiger partial charge in [0.05, 0.1) is 19.6 Å². The van der Waals surface area contributed by atoms with Crippen molar-refractivity contribution in [1.82, 2.24) is 9.88 Å². The molecule has 1 amide bonds. The Labute approximate surface area is 148 Å². The predicted octanol–water partition coefficient (Wildman–Crippen LogP) is 2.53. The van der Waals surface area contributed by atoms with E-state index in [0.29, 0.717) is 13.0 Å². The number of pyridine rings is 1. The van der Waals surface area contributed by atoms with Gasteiger partial charge in [-0.2, -0.15) is 0 Å². The van der Waals surface area contributed by atoms with Gasteiger partial charge in [-0.25, -0.2) is 0 Å². The zero-order chi connectivity index (χ0) is 17.9. The Bertz CT molecular complexity index is 713. The molecule has 2 heterocycles. The van der Waals surface area contributed by atoms with Crippen molar-refractivity contribution in [2.75, 3.05) is 13.7 Å². The van der Waals surface area contributed by atoms with Gasteiger partial charge in [-0.15, -0.1) is 0 Å². The van der Waals surface area contributed by atoms with E-state index in [1.165, 1.54) is 0 Å². The summed E-state index contributed by atoms with van der Waals surface area (Å²) in [6, 6.07) is 10.9. The highest BCUT2D eigenvalue weighted by atomic mass is 16.5. The number of benzene rings is 1. The Morgan fingerprint density at radius 1 is 1.36 bits per heavy atom. The van der Waals surface area contributed by atoms with Gasteiger partial charge in [0, 0.05) is 18.9 Å². The summed E-state index contributed by atoms with van der Waals surface area (Å²) in [5.74, 6) is 0.778. The normalized spacial score (nSPS) is 19.5. The maximum absolute atomic E-state index is 12.8. The minimum Gasteiger partial charge on any atom is -0.497 e. The third-order valence-corrected chi connectivity index (χ3v) is 4.97. The summed E-state index contributed by atoms with van der Waals surface area (Å²) in [4.78, 5) is 18.7. The lowest BCUT2D eigenvalue weighted by Crippen LogP contribution is -2.48. The monoisotopic (exact) mass is 340 g/mol. The summed E-state index contributed by atoms with van der Waals surface area (Å²) >= 11 is 0. The Balaban J connectivity index is 1.78. The van der Waals surface area contributed by atoms with Crippen molar-refractivity contribution >= 4 is 5.91 Å². The van der Waals surface area contributed by atoms with Gasteiger partial charge >= 0.3 is 0 Å². The molecular formula is C20H24N2O3. The molecule has 132 valence electrons. The zero-order valence-corrected chi connectivity index (χ0v) is 14.7. The zero-order valence-electron chi connectivity index (χ0n) is 14.7. The molecule has 1 aromatic heterocycles. The van der Waals surface area contributed by atoms with Gasteiger partial charge in [0.25, 0.3) is 0 Å². The highest BCUT2D eigenvalue weighted by molar-refractivity contribution is 5.79. The number of likely N-dealkylation sites (tertiary alicyclic amines) is 1. The SMILES string of the molecule is COc1ccc([C@](C)(O)[C@@H]2CCCN2C(=O)Cc2cccnc2)cc1. The van der Waals surface area contributed by atoms with Crippen molar-refractivity contribution in [2.24, 2.45) is 0 Å². The number of carbonyl (C=O) groups is 1. The molecule has 2 aromatic rings. The predicted molar refractivity (Wildman–Crippen MR) is 95.2 cm³/mol. The number of methoxy groups -OCH3 is 1. The van der Waals surface area contributed by atoms with Gasteiger partial charge in [-0.1, -0.05) is 18.2 Å². The maximum atomic E-state index is 12.8. The number of ether oxygens (including phenoxy) is 1. The molecule has 0 bridgehead atoms. The number of aliphatic hydroxyl groups is 1. The van der Waals surface area contributed by atoms with Crippen molar-refractivity contribution in [3.05, 3.63) is 59.9 Å². The van der Waals surface area contributed by atoms with E-state index < -0.39 is 5.60 Å². The molecule has 1 fully saturated rings. The molecule has 5 heteroatoms. The highest BCUT2D eigenvalue weighted by Gasteiger charge is 2.42. The molecule has 1 N–H and O–H groups in total. The number of carbonyl (C=O) groups excluding carboxylic acids is 1. The quantitative estimate of drug-likeness (QED) is 0.908. The van der Waals surface area contributed by atoms with Gasteiger partial charge in [-0.05, 0) is 49.1 Å². The van der Waals surface area contributed by atoms with Crippen LogP contribution in [0, 0.1) is 0 Å². The first-order valence-electron chi connectivity index (χ1n) is 8.57. The van der Waals surface area contributed by atoms with E-state index in [4.69, 9.17) is 4.74 Å². The van der Waals surface area contributed by atoms with Crippen LogP contribution in [-0.2, 0) is 16.8 Å². The molecule has 0 saturated carbocycles. The molecule has 0 unspecified atom stereocenters. The molecule has 0 radical (unpaired) electrons. The van der Waals surface area contributed by atoms with Gasteiger partial charge in [0.15, 0.2) is 0 Å². The van der Waals surface area contributed by atoms with E-state index in [1.54, 1.807) is 26.4 Å². The second kappa shape index (κ2) is 7.23. The van der Waals surface area contributed by atoms with E-state index in [9.17, 15) is 9.90 Å². The molecule has 1 aliphatic heterocycles. The Morgan fingerprint density at radius 2 is 2.12 bits per heavy atom. The fourth-order valence-electron chi connectivity index (χ4n) is 3.55. The molecule has 0 aliphatic carbocycles. The topological polar surface area (TPSA) is 62.7 Å². The van der Waals surface area contributed by atoms with E-state index in [1.807, 2.05) is 41.3 Å². The van der Waals surface area contributed by atoms with E-state index in [2.05, 4.69) is 4.98 Å². The molecule has 3 rings (SSSR count). The first kappa shape index (κ1) is 17.4. The van der Waals surface area contributed by atoms with Crippen LogP contribution in [0.2, 0.25) is 0 Å². The van der Waals surface area contributed by atoms with Crippen LogP contribution >= 0.6 is 0 Å². The first-order valence-corrected chi connectivity index (χ1v) is 8.57. The van der Waals surface area contributed by atoms with Crippen LogP contribution < -0.4 is 4.74 Å². The summed E-state index contributed by atoms with van der Waals surface area (Å²) in [5.41, 5.74) is 0.578. The summed E-state index contributed by atoms with van der Waals surface area (Å²) in [5, 5.41) is 11.2. The van der Waals surface area contributed by atoms with Crippen molar-refractivity contribution < 1.29 is 14.6 Å². The van der Waals surface area contributed by atoms with Crippen LogP contribution in [0.25, 0.3) is 0 Å². The van der Waals surface area contributed by atoms with E-state index in [0.717, 1.165) is 29.7 Å². The van der Waals surface area contributed by atoms with Gasteiger partial charge < -0.3 is 14.7 Å². The van der Waals surface area contributed by atoms with Crippen LogP contribution in [0.1, 0.15) is 30.9 Å². The fraction of sp³-hybridized carbons (Fsp3) is 0.400. The van der Waals surface area contributed by atoms with Gasteiger partial charge in [-0.3, -0.25) is 9.78 Å². The lowest BCUT2D eigenvalue weighted by molar-refractivity contribution is -0.137. The molecule has 5 nitrogen and oxygen atoms in total. The smallest absolute Gasteiger partial charge is 0.227 e. The average molecular weight is 340 g/mol. The highest BCUT2D eigenvalue weighted by Crippen LogP contribution is 2.35. The number of nitrogens with zero attached hydrogens (tertiary/aromatic N) is 2. The largest absolute Gasteiger partial charge is 0.497 e. The van der Waals surface area contributed by atoms with E-state index in [-0.39, 0.29) is 11.9 Å². The number of hydrogen-bond acceptors (Lipinski definition) is 4.